The van der Waals surface area contributed by atoms with Crippen LogP contribution in [-0.4, -0.2) is 69.1 Å². The number of nitrogens with zero attached hydrogens (tertiary/aromatic N) is 7. The van der Waals surface area contributed by atoms with Crippen LogP contribution in [0.4, 0.5) is 5.82 Å². The Labute approximate surface area is 168 Å². The van der Waals surface area contributed by atoms with Gasteiger partial charge in [-0.1, -0.05) is 17.3 Å². The van der Waals surface area contributed by atoms with Crippen molar-refractivity contribution in [3.05, 3.63) is 42.2 Å². The number of piperazine rings is 1. The Balaban J connectivity index is 1.39. The fourth-order valence-corrected chi connectivity index (χ4v) is 3.35. The molecule has 0 saturated carbocycles. The van der Waals surface area contributed by atoms with Crippen LogP contribution in [0, 0.1) is 0 Å². The molecule has 0 aliphatic carbocycles. The first-order chi connectivity index (χ1) is 14.2. The molecule has 0 unspecified atom stereocenters. The van der Waals surface area contributed by atoms with Crippen molar-refractivity contribution in [2.24, 2.45) is 0 Å². The normalized spacial score (nSPS) is 14.7. The summed E-state index contributed by atoms with van der Waals surface area (Å²) in [6.07, 6.45) is 4.99. The van der Waals surface area contributed by atoms with Crippen LogP contribution in [0.25, 0.3) is 17.2 Å². The highest BCUT2D eigenvalue weighted by Gasteiger charge is 2.23. The van der Waals surface area contributed by atoms with Gasteiger partial charge in [0.1, 0.15) is 12.1 Å². The molecule has 1 amide bonds. The topological polar surface area (TPSA) is 89.3 Å². The van der Waals surface area contributed by atoms with Crippen molar-refractivity contribution >= 4 is 29.0 Å². The van der Waals surface area contributed by atoms with E-state index < -0.39 is 0 Å². The SMILES string of the molecule is CCn1nnc2c(N3CCN(C(=O)/C=C\c4ccc(OC)cc4)CC3)ncnc21. The number of ether oxygens (including phenoxy) is 1. The summed E-state index contributed by atoms with van der Waals surface area (Å²) in [5.41, 5.74) is 2.40. The average Bonchev–Trinajstić information content (AvgIpc) is 3.21. The number of aromatic nitrogens is 5. The van der Waals surface area contributed by atoms with E-state index in [1.165, 1.54) is 0 Å². The van der Waals surface area contributed by atoms with Crippen LogP contribution >= 0.6 is 0 Å². The maximum absolute atomic E-state index is 12.5. The third kappa shape index (κ3) is 3.89. The highest BCUT2D eigenvalue weighted by Crippen LogP contribution is 2.22. The Morgan fingerprint density at radius 2 is 1.90 bits per heavy atom. The van der Waals surface area contributed by atoms with Crippen molar-refractivity contribution in [3.8, 4) is 5.75 Å². The van der Waals surface area contributed by atoms with Gasteiger partial charge >= 0.3 is 0 Å². The number of anilines is 1. The lowest BCUT2D eigenvalue weighted by Gasteiger charge is -2.34. The summed E-state index contributed by atoms with van der Waals surface area (Å²) in [5, 5.41) is 8.37. The number of fused-ring (bicyclic) bond motifs is 1. The summed E-state index contributed by atoms with van der Waals surface area (Å²) in [6.45, 7) is 5.33. The van der Waals surface area contributed by atoms with Crippen molar-refractivity contribution in [1.29, 1.82) is 0 Å². The third-order valence-electron chi connectivity index (χ3n) is 5.01. The van der Waals surface area contributed by atoms with Crippen molar-refractivity contribution in [2.45, 2.75) is 13.5 Å². The molecular formula is C20H23N7O2. The van der Waals surface area contributed by atoms with Gasteiger partial charge in [0, 0.05) is 38.8 Å². The van der Waals surface area contributed by atoms with Crippen LogP contribution < -0.4 is 9.64 Å². The molecule has 1 fully saturated rings. The maximum Gasteiger partial charge on any atom is 0.246 e. The molecule has 0 spiro atoms. The first-order valence-corrected chi connectivity index (χ1v) is 9.59. The van der Waals surface area contributed by atoms with Gasteiger partial charge in [-0.2, -0.15) is 0 Å². The highest BCUT2D eigenvalue weighted by molar-refractivity contribution is 5.92. The number of amides is 1. The van der Waals surface area contributed by atoms with E-state index in [0.717, 1.165) is 22.8 Å². The Morgan fingerprint density at radius 1 is 1.14 bits per heavy atom. The van der Waals surface area contributed by atoms with Gasteiger partial charge in [0.15, 0.2) is 17.0 Å². The molecule has 0 bridgehead atoms. The number of rotatable bonds is 5. The number of benzene rings is 1. The quantitative estimate of drug-likeness (QED) is 0.609. The molecular weight excluding hydrogens is 370 g/mol. The lowest BCUT2D eigenvalue weighted by atomic mass is 10.2. The van der Waals surface area contributed by atoms with Crippen LogP contribution in [0.2, 0.25) is 0 Å². The highest BCUT2D eigenvalue weighted by atomic mass is 16.5. The summed E-state index contributed by atoms with van der Waals surface area (Å²) in [5.74, 6) is 1.57. The second-order valence-electron chi connectivity index (χ2n) is 6.69. The lowest BCUT2D eigenvalue weighted by molar-refractivity contribution is -0.126. The van der Waals surface area contributed by atoms with Crippen molar-refractivity contribution in [3.63, 3.8) is 0 Å². The predicted molar refractivity (Wildman–Crippen MR) is 110 cm³/mol. The first-order valence-electron chi connectivity index (χ1n) is 9.59. The van der Waals surface area contributed by atoms with E-state index in [1.54, 1.807) is 24.2 Å². The second kappa shape index (κ2) is 8.26. The van der Waals surface area contributed by atoms with E-state index in [4.69, 9.17) is 4.74 Å². The molecule has 1 aromatic carbocycles. The molecule has 9 nitrogen and oxygen atoms in total. The molecule has 1 aliphatic heterocycles. The minimum Gasteiger partial charge on any atom is -0.497 e. The zero-order valence-corrected chi connectivity index (χ0v) is 16.5. The van der Waals surface area contributed by atoms with E-state index in [2.05, 4.69) is 25.2 Å². The Hall–Kier alpha value is -3.49. The maximum atomic E-state index is 12.5. The van der Waals surface area contributed by atoms with E-state index in [1.807, 2.05) is 42.2 Å². The van der Waals surface area contributed by atoms with E-state index in [9.17, 15) is 4.79 Å². The number of methoxy groups -OCH3 is 1. The molecule has 3 heterocycles. The summed E-state index contributed by atoms with van der Waals surface area (Å²) in [7, 11) is 1.63. The molecule has 9 heteroatoms. The molecule has 0 N–H and O–H groups in total. The summed E-state index contributed by atoms with van der Waals surface area (Å²) in [6, 6.07) is 7.59. The standard InChI is InChI=1S/C20H23N7O2/c1-3-27-20-18(23-24-27)19(21-14-22-20)26-12-10-25(11-13-26)17(28)9-6-15-4-7-16(29-2)8-5-15/h4-9,14H,3,10-13H2,1-2H3/b9-6-. The molecule has 0 atom stereocenters. The average molecular weight is 393 g/mol. The molecule has 0 radical (unpaired) electrons. The predicted octanol–water partition coefficient (Wildman–Crippen LogP) is 1.61. The van der Waals surface area contributed by atoms with Gasteiger partial charge in [-0.15, -0.1) is 5.10 Å². The lowest BCUT2D eigenvalue weighted by Crippen LogP contribution is -2.48. The van der Waals surface area contributed by atoms with Crippen LogP contribution in [0.1, 0.15) is 12.5 Å². The summed E-state index contributed by atoms with van der Waals surface area (Å²) >= 11 is 0. The van der Waals surface area contributed by atoms with Crippen LogP contribution in [0.5, 0.6) is 5.75 Å². The van der Waals surface area contributed by atoms with Gasteiger partial charge in [-0.05, 0) is 30.7 Å². The van der Waals surface area contributed by atoms with Gasteiger partial charge in [-0.3, -0.25) is 4.79 Å². The van der Waals surface area contributed by atoms with Gasteiger partial charge in [0.2, 0.25) is 5.91 Å². The molecule has 1 aliphatic rings. The number of hydrogen-bond acceptors (Lipinski definition) is 7. The van der Waals surface area contributed by atoms with Gasteiger partial charge in [-0.25, -0.2) is 14.6 Å². The second-order valence-corrected chi connectivity index (χ2v) is 6.69. The third-order valence-corrected chi connectivity index (χ3v) is 5.01. The van der Waals surface area contributed by atoms with Crippen LogP contribution in [-0.2, 0) is 11.3 Å². The monoisotopic (exact) mass is 393 g/mol. The van der Waals surface area contributed by atoms with Crippen LogP contribution in [0.15, 0.2) is 36.7 Å². The number of hydrogen-bond donors (Lipinski definition) is 0. The van der Waals surface area contributed by atoms with E-state index >= 15 is 0 Å². The number of carbonyl (C=O) groups excluding carboxylic acids is 1. The Morgan fingerprint density at radius 3 is 2.59 bits per heavy atom. The minimum atomic E-state index is 0.00484. The van der Waals surface area contributed by atoms with Gasteiger partial charge < -0.3 is 14.5 Å². The van der Waals surface area contributed by atoms with E-state index in [-0.39, 0.29) is 5.91 Å². The summed E-state index contributed by atoms with van der Waals surface area (Å²) < 4.78 is 6.90. The fraction of sp³-hybridized carbons (Fsp3) is 0.350. The molecule has 2 aromatic heterocycles. The van der Waals surface area contributed by atoms with Crippen LogP contribution in [0.3, 0.4) is 0 Å². The smallest absolute Gasteiger partial charge is 0.246 e. The summed E-state index contributed by atoms with van der Waals surface area (Å²) in [4.78, 5) is 25.2. The Kier molecular flexibility index (Phi) is 5.37. The van der Waals surface area contributed by atoms with Crippen molar-refractivity contribution < 1.29 is 9.53 Å². The molecule has 4 rings (SSSR count). The minimum absolute atomic E-state index is 0.00484. The zero-order chi connectivity index (χ0) is 20.2. The number of aryl methyl sites for hydroxylation is 1. The number of carbonyl (C=O) groups is 1. The van der Waals surface area contributed by atoms with Gasteiger partial charge in [0.05, 0.1) is 7.11 Å². The fourth-order valence-electron chi connectivity index (χ4n) is 3.35. The van der Waals surface area contributed by atoms with E-state index in [0.29, 0.717) is 38.2 Å². The first kappa shape index (κ1) is 18.9. The van der Waals surface area contributed by atoms with Crippen molar-refractivity contribution in [2.75, 3.05) is 38.2 Å². The molecule has 1 saturated heterocycles. The molecule has 3 aromatic rings. The van der Waals surface area contributed by atoms with Gasteiger partial charge in [0.25, 0.3) is 0 Å². The van der Waals surface area contributed by atoms with Crippen molar-refractivity contribution in [1.82, 2.24) is 29.9 Å². The largest absolute Gasteiger partial charge is 0.497 e. The Bertz CT molecular complexity index is 1020. The zero-order valence-electron chi connectivity index (χ0n) is 16.5. The molecule has 29 heavy (non-hydrogen) atoms. The molecule has 150 valence electrons.